The SMILES string of the molecule is Cc1cccc2c(=O)n(CC(=O)NNC(=O)Cc3ccc(F)cc3)cnc12. The van der Waals surface area contributed by atoms with Crippen molar-refractivity contribution in [2.45, 2.75) is 19.9 Å². The van der Waals surface area contributed by atoms with Crippen molar-refractivity contribution < 1.29 is 14.0 Å². The van der Waals surface area contributed by atoms with Crippen LogP contribution in [0.2, 0.25) is 0 Å². The maximum Gasteiger partial charge on any atom is 0.261 e. The second kappa shape index (κ2) is 7.77. The molecule has 2 N–H and O–H groups in total. The van der Waals surface area contributed by atoms with Crippen molar-refractivity contribution in [2.75, 3.05) is 0 Å². The molecule has 3 aromatic rings. The Morgan fingerprint density at radius 3 is 2.52 bits per heavy atom. The predicted octanol–water partition coefficient (Wildman–Crippen LogP) is 1.23. The normalized spacial score (nSPS) is 10.6. The number of nitrogens with zero attached hydrogens (tertiary/aromatic N) is 2. The van der Waals surface area contributed by atoms with Crippen LogP contribution in [0.1, 0.15) is 11.1 Å². The molecule has 0 saturated carbocycles. The first-order chi connectivity index (χ1) is 12.9. The summed E-state index contributed by atoms with van der Waals surface area (Å²) in [7, 11) is 0. The van der Waals surface area contributed by atoms with E-state index in [0.29, 0.717) is 16.5 Å². The number of hydrazine groups is 1. The van der Waals surface area contributed by atoms with Crippen LogP contribution in [0.25, 0.3) is 10.9 Å². The molecular formula is C19H17FN4O3. The van der Waals surface area contributed by atoms with Gasteiger partial charge >= 0.3 is 0 Å². The molecule has 27 heavy (non-hydrogen) atoms. The molecule has 0 bridgehead atoms. The number of rotatable bonds is 4. The van der Waals surface area contributed by atoms with Gasteiger partial charge in [0.1, 0.15) is 12.4 Å². The lowest BCUT2D eigenvalue weighted by Crippen LogP contribution is -2.44. The number of aryl methyl sites for hydroxylation is 1. The minimum absolute atomic E-state index is 0.0166. The van der Waals surface area contributed by atoms with Crippen LogP contribution in [0.3, 0.4) is 0 Å². The molecule has 0 aliphatic carbocycles. The zero-order valence-electron chi connectivity index (χ0n) is 14.5. The van der Waals surface area contributed by atoms with Gasteiger partial charge in [0.2, 0.25) is 5.91 Å². The molecule has 0 aliphatic heterocycles. The highest BCUT2D eigenvalue weighted by molar-refractivity contribution is 5.84. The average molecular weight is 368 g/mol. The van der Waals surface area contributed by atoms with Crippen molar-refractivity contribution >= 4 is 22.7 Å². The molecule has 2 amide bonds. The zero-order valence-corrected chi connectivity index (χ0v) is 14.5. The second-order valence-corrected chi connectivity index (χ2v) is 6.05. The molecule has 0 spiro atoms. The van der Waals surface area contributed by atoms with E-state index in [0.717, 1.165) is 5.56 Å². The van der Waals surface area contributed by atoms with E-state index in [2.05, 4.69) is 15.8 Å². The van der Waals surface area contributed by atoms with Gasteiger partial charge in [0.15, 0.2) is 0 Å². The molecule has 7 nitrogen and oxygen atoms in total. The molecule has 8 heteroatoms. The van der Waals surface area contributed by atoms with Crippen LogP contribution < -0.4 is 16.4 Å². The topological polar surface area (TPSA) is 93.1 Å². The molecule has 1 heterocycles. The van der Waals surface area contributed by atoms with E-state index in [-0.39, 0.29) is 18.5 Å². The van der Waals surface area contributed by atoms with Crippen molar-refractivity contribution in [1.29, 1.82) is 0 Å². The minimum Gasteiger partial charge on any atom is -0.289 e. The number of carbonyl (C=O) groups is 2. The molecule has 3 rings (SSSR count). The van der Waals surface area contributed by atoms with Gasteiger partial charge in [0.05, 0.1) is 23.7 Å². The largest absolute Gasteiger partial charge is 0.289 e. The van der Waals surface area contributed by atoms with E-state index in [9.17, 15) is 18.8 Å². The van der Waals surface area contributed by atoms with E-state index < -0.39 is 17.6 Å². The lowest BCUT2D eigenvalue weighted by molar-refractivity contribution is -0.128. The molecule has 0 saturated heterocycles. The summed E-state index contributed by atoms with van der Waals surface area (Å²) < 4.78 is 14.0. The zero-order chi connectivity index (χ0) is 19.4. The quantitative estimate of drug-likeness (QED) is 0.678. The fourth-order valence-corrected chi connectivity index (χ4v) is 2.62. The van der Waals surface area contributed by atoms with Gasteiger partial charge in [-0.2, -0.15) is 0 Å². The first-order valence-corrected chi connectivity index (χ1v) is 8.21. The summed E-state index contributed by atoms with van der Waals surface area (Å²) in [5, 5.41) is 0.422. The minimum atomic E-state index is -0.571. The van der Waals surface area contributed by atoms with Gasteiger partial charge < -0.3 is 0 Å². The van der Waals surface area contributed by atoms with Gasteiger partial charge in [-0.25, -0.2) is 9.37 Å². The number of benzene rings is 2. The number of fused-ring (bicyclic) bond motifs is 1. The lowest BCUT2D eigenvalue weighted by Gasteiger charge is -2.10. The van der Waals surface area contributed by atoms with Gasteiger partial charge in [-0.3, -0.25) is 29.8 Å². The van der Waals surface area contributed by atoms with Crippen molar-refractivity contribution in [2.24, 2.45) is 0 Å². The fraction of sp³-hybridized carbons (Fsp3) is 0.158. The standard InChI is InChI=1S/C19H17FN4O3/c1-12-3-2-4-15-18(12)21-11-24(19(15)27)10-17(26)23-22-16(25)9-13-5-7-14(20)8-6-13/h2-8,11H,9-10H2,1H3,(H,22,25)(H,23,26). The number of carbonyl (C=O) groups excluding carboxylic acids is 2. The summed E-state index contributed by atoms with van der Waals surface area (Å²) in [5.41, 5.74) is 6.24. The van der Waals surface area contributed by atoms with Crippen LogP contribution >= 0.6 is 0 Å². The Hall–Kier alpha value is -3.55. The van der Waals surface area contributed by atoms with E-state index in [1.165, 1.54) is 35.2 Å². The Morgan fingerprint density at radius 1 is 1.07 bits per heavy atom. The third-order valence-electron chi connectivity index (χ3n) is 3.99. The molecule has 0 radical (unpaired) electrons. The Kier molecular flexibility index (Phi) is 5.25. The molecule has 0 fully saturated rings. The number of amides is 2. The number of para-hydroxylation sites is 1. The van der Waals surface area contributed by atoms with Crippen LogP contribution in [-0.4, -0.2) is 21.4 Å². The first-order valence-electron chi connectivity index (χ1n) is 8.21. The van der Waals surface area contributed by atoms with Crippen LogP contribution in [-0.2, 0) is 22.6 Å². The van der Waals surface area contributed by atoms with Crippen LogP contribution in [0, 0.1) is 12.7 Å². The first kappa shape index (κ1) is 18.2. The van der Waals surface area contributed by atoms with Crippen molar-refractivity contribution in [3.63, 3.8) is 0 Å². The van der Waals surface area contributed by atoms with Crippen LogP contribution in [0.4, 0.5) is 4.39 Å². The molecule has 0 unspecified atom stereocenters. The fourth-order valence-electron chi connectivity index (χ4n) is 2.62. The number of halogens is 1. The van der Waals surface area contributed by atoms with Gasteiger partial charge in [0.25, 0.3) is 11.5 Å². The van der Waals surface area contributed by atoms with E-state index in [4.69, 9.17) is 0 Å². The Morgan fingerprint density at radius 2 is 1.78 bits per heavy atom. The summed E-state index contributed by atoms with van der Waals surface area (Å²) >= 11 is 0. The van der Waals surface area contributed by atoms with Crippen molar-refractivity contribution in [3.05, 3.63) is 76.1 Å². The van der Waals surface area contributed by atoms with Gasteiger partial charge in [-0.05, 0) is 36.2 Å². The highest BCUT2D eigenvalue weighted by Gasteiger charge is 2.10. The summed E-state index contributed by atoms with van der Waals surface area (Å²) in [6.45, 7) is 1.56. The summed E-state index contributed by atoms with van der Waals surface area (Å²) in [6, 6.07) is 10.7. The highest BCUT2D eigenvalue weighted by Crippen LogP contribution is 2.11. The molecule has 0 aliphatic rings. The predicted molar refractivity (Wildman–Crippen MR) is 97.1 cm³/mol. The van der Waals surface area contributed by atoms with Crippen LogP contribution in [0.15, 0.2) is 53.6 Å². The average Bonchev–Trinajstić information content (AvgIpc) is 2.65. The third-order valence-corrected chi connectivity index (χ3v) is 3.99. The molecule has 0 atom stereocenters. The smallest absolute Gasteiger partial charge is 0.261 e. The van der Waals surface area contributed by atoms with Crippen molar-refractivity contribution in [1.82, 2.24) is 20.4 Å². The second-order valence-electron chi connectivity index (χ2n) is 6.05. The van der Waals surface area contributed by atoms with Gasteiger partial charge in [0, 0.05) is 0 Å². The van der Waals surface area contributed by atoms with E-state index in [1.54, 1.807) is 12.1 Å². The highest BCUT2D eigenvalue weighted by atomic mass is 19.1. The van der Waals surface area contributed by atoms with Gasteiger partial charge in [-0.1, -0.05) is 24.3 Å². The Balaban J connectivity index is 1.60. The van der Waals surface area contributed by atoms with Crippen LogP contribution in [0.5, 0.6) is 0 Å². The third kappa shape index (κ3) is 4.35. The molecule has 2 aromatic carbocycles. The Bertz CT molecular complexity index is 1060. The summed E-state index contributed by atoms with van der Waals surface area (Å²) in [6.07, 6.45) is 1.29. The molecular weight excluding hydrogens is 351 g/mol. The number of hydrogen-bond donors (Lipinski definition) is 2. The Labute approximate surface area is 153 Å². The monoisotopic (exact) mass is 368 g/mol. The van der Waals surface area contributed by atoms with Gasteiger partial charge in [-0.15, -0.1) is 0 Å². The summed E-state index contributed by atoms with van der Waals surface area (Å²) in [4.78, 5) is 40.5. The molecule has 138 valence electrons. The van der Waals surface area contributed by atoms with E-state index in [1.807, 2.05) is 13.0 Å². The number of nitrogens with one attached hydrogen (secondary N) is 2. The maximum absolute atomic E-state index is 12.8. The van der Waals surface area contributed by atoms with E-state index >= 15 is 0 Å². The lowest BCUT2D eigenvalue weighted by atomic mass is 10.1. The molecule has 1 aromatic heterocycles. The number of hydrogen-bond acceptors (Lipinski definition) is 4. The van der Waals surface area contributed by atoms with Crippen molar-refractivity contribution in [3.8, 4) is 0 Å². The summed E-state index contributed by atoms with van der Waals surface area (Å²) in [5.74, 6) is -1.43. The maximum atomic E-state index is 12.8. The number of aromatic nitrogens is 2.